The van der Waals surface area contributed by atoms with Crippen molar-refractivity contribution >= 4 is 16.3 Å². The molecule has 2 aliphatic heterocycles. The lowest BCUT2D eigenvalue weighted by atomic mass is 10.0. The number of likely N-dealkylation sites (tertiary alicyclic amines) is 1. The fourth-order valence-corrected chi connectivity index (χ4v) is 4.56. The summed E-state index contributed by atoms with van der Waals surface area (Å²) in [6, 6.07) is -0.964. The van der Waals surface area contributed by atoms with E-state index in [1.165, 1.54) is 7.05 Å². The Hall–Kier alpha value is -1.00. The van der Waals surface area contributed by atoms with Gasteiger partial charge in [0.1, 0.15) is 5.60 Å². The quantitative estimate of drug-likeness (QED) is 0.703. The van der Waals surface area contributed by atoms with E-state index in [0.29, 0.717) is 13.0 Å². The molecule has 2 heterocycles. The molecule has 140 valence electrons. The van der Waals surface area contributed by atoms with Gasteiger partial charge in [0.15, 0.2) is 0 Å². The predicted molar refractivity (Wildman–Crippen MR) is 84.0 cm³/mol. The molecule has 0 aromatic heterocycles. The standard InChI is InChI=1S/C14H25F2N3O4S/c1-13(2,3)23-12(20)18-9-11(8-14(15,16)10-18)19-7-5-6-17(4)24(19,21)22/h11H,5-10H2,1-4H3/t11-/m1/s1. The van der Waals surface area contributed by atoms with E-state index in [1.807, 2.05) is 0 Å². The van der Waals surface area contributed by atoms with Crippen LogP contribution in [0.3, 0.4) is 0 Å². The number of hydrogen-bond acceptors (Lipinski definition) is 4. The molecule has 0 aromatic carbocycles. The smallest absolute Gasteiger partial charge is 0.410 e. The maximum atomic E-state index is 14.1. The summed E-state index contributed by atoms with van der Waals surface area (Å²) < 4.78 is 60.4. The van der Waals surface area contributed by atoms with E-state index in [1.54, 1.807) is 20.8 Å². The first-order valence-electron chi connectivity index (χ1n) is 7.91. The van der Waals surface area contributed by atoms with Gasteiger partial charge < -0.3 is 9.64 Å². The lowest BCUT2D eigenvalue weighted by molar-refractivity contribution is -0.0877. The van der Waals surface area contributed by atoms with Gasteiger partial charge in [-0.25, -0.2) is 13.6 Å². The SMILES string of the molecule is CN1CCCN([C@H]2CN(C(=O)OC(C)(C)C)CC(F)(F)C2)S1(=O)=O. The van der Waals surface area contributed by atoms with Crippen molar-refractivity contribution in [3.8, 4) is 0 Å². The zero-order valence-electron chi connectivity index (χ0n) is 14.5. The zero-order valence-corrected chi connectivity index (χ0v) is 15.3. The zero-order chi connectivity index (χ0) is 18.3. The van der Waals surface area contributed by atoms with Crippen LogP contribution in [0.4, 0.5) is 13.6 Å². The predicted octanol–water partition coefficient (Wildman–Crippen LogP) is 1.51. The highest BCUT2D eigenvalue weighted by Gasteiger charge is 2.48. The Labute approximate surface area is 141 Å². The molecule has 0 saturated carbocycles. The van der Waals surface area contributed by atoms with Gasteiger partial charge in [0.2, 0.25) is 0 Å². The first kappa shape index (κ1) is 19.3. The van der Waals surface area contributed by atoms with Crippen LogP contribution in [0.2, 0.25) is 0 Å². The summed E-state index contributed by atoms with van der Waals surface area (Å²) in [6.07, 6.45) is -0.890. The van der Waals surface area contributed by atoms with Crippen molar-refractivity contribution in [3.63, 3.8) is 0 Å². The van der Waals surface area contributed by atoms with Crippen LogP contribution in [0.25, 0.3) is 0 Å². The molecule has 2 fully saturated rings. The molecule has 0 aliphatic carbocycles. The third-order valence-electron chi connectivity index (χ3n) is 3.99. The van der Waals surface area contributed by atoms with Gasteiger partial charge in [0, 0.05) is 39.1 Å². The minimum atomic E-state index is -3.78. The molecule has 1 atom stereocenters. The number of hydrogen-bond donors (Lipinski definition) is 0. The number of carbonyl (C=O) groups excluding carboxylic acids is 1. The van der Waals surface area contributed by atoms with Gasteiger partial charge >= 0.3 is 6.09 Å². The maximum absolute atomic E-state index is 14.1. The Bertz CT molecular complexity index is 591. The first-order chi connectivity index (χ1) is 10.8. The largest absolute Gasteiger partial charge is 0.444 e. The Morgan fingerprint density at radius 3 is 2.46 bits per heavy atom. The fourth-order valence-electron chi connectivity index (χ4n) is 2.96. The average Bonchev–Trinajstić information content (AvgIpc) is 2.38. The van der Waals surface area contributed by atoms with Crippen LogP contribution in [0.15, 0.2) is 0 Å². The van der Waals surface area contributed by atoms with Crippen molar-refractivity contribution in [2.75, 3.05) is 33.2 Å². The van der Waals surface area contributed by atoms with E-state index in [4.69, 9.17) is 4.74 Å². The maximum Gasteiger partial charge on any atom is 0.410 e. The first-order valence-corrected chi connectivity index (χ1v) is 9.30. The van der Waals surface area contributed by atoms with Gasteiger partial charge in [-0.2, -0.15) is 17.0 Å². The molecule has 2 rings (SSSR count). The van der Waals surface area contributed by atoms with E-state index in [-0.39, 0.29) is 13.1 Å². The Kier molecular flexibility index (Phi) is 5.14. The van der Waals surface area contributed by atoms with Gasteiger partial charge in [-0.15, -0.1) is 0 Å². The third-order valence-corrected chi connectivity index (χ3v) is 6.03. The van der Waals surface area contributed by atoms with Gasteiger partial charge in [0.05, 0.1) is 6.54 Å². The Morgan fingerprint density at radius 1 is 1.25 bits per heavy atom. The second-order valence-electron chi connectivity index (χ2n) is 7.37. The van der Waals surface area contributed by atoms with Crippen LogP contribution in [-0.2, 0) is 14.9 Å². The van der Waals surface area contributed by atoms with Crippen molar-refractivity contribution in [3.05, 3.63) is 0 Å². The van der Waals surface area contributed by atoms with Crippen LogP contribution < -0.4 is 0 Å². The number of piperidine rings is 1. The summed E-state index contributed by atoms with van der Waals surface area (Å²) in [4.78, 5) is 13.1. The molecule has 0 spiro atoms. The van der Waals surface area contributed by atoms with Crippen molar-refractivity contribution < 1.29 is 26.7 Å². The molecule has 2 aliphatic rings. The molecule has 24 heavy (non-hydrogen) atoms. The molecule has 10 heteroatoms. The number of nitrogens with zero attached hydrogens (tertiary/aromatic N) is 3. The lowest BCUT2D eigenvalue weighted by Crippen LogP contribution is -2.61. The number of halogens is 2. The normalized spacial score (nSPS) is 28.6. The van der Waals surface area contributed by atoms with E-state index < -0.39 is 46.8 Å². The van der Waals surface area contributed by atoms with Crippen LogP contribution in [0, 0.1) is 0 Å². The van der Waals surface area contributed by atoms with Crippen molar-refractivity contribution in [1.82, 2.24) is 13.5 Å². The number of rotatable bonds is 1. The highest BCUT2D eigenvalue weighted by molar-refractivity contribution is 7.86. The van der Waals surface area contributed by atoms with Crippen LogP contribution in [-0.4, -0.2) is 78.8 Å². The van der Waals surface area contributed by atoms with Gasteiger partial charge in [0.25, 0.3) is 16.1 Å². The van der Waals surface area contributed by atoms with Gasteiger partial charge in [-0.3, -0.25) is 0 Å². The number of alkyl halides is 2. The van der Waals surface area contributed by atoms with E-state index in [9.17, 15) is 22.0 Å². The lowest BCUT2D eigenvalue weighted by Gasteiger charge is -2.44. The molecule has 2 saturated heterocycles. The summed E-state index contributed by atoms with van der Waals surface area (Å²) in [5.74, 6) is -3.16. The van der Waals surface area contributed by atoms with E-state index in [2.05, 4.69) is 0 Å². The molecule has 7 nitrogen and oxygen atoms in total. The monoisotopic (exact) mass is 369 g/mol. The molecule has 0 aromatic rings. The fraction of sp³-hybridized carbons (Fsp3) is 0.929. The molecule has 0 unspecified atom stereocenters. The minimum Gasteiger partial charge on any atom is -0.444 e. The molecule has 0 N–H and O–H groups in total. The third kappa shape index (κ3) is 4.34. The molecular weight excluding hydrogens is 344 g/mol. The summed E-state index contributed by atoms with van der Waals surface area (Å²) in [5, 5.41) is 0. The minimum absolute atomic E-state index is 0.0996. The van der Waals surface area contributed by atoms with Gasteiger partial charge in [-0.1, -0.05) is 0 Å². The van der Waals surface area contributed by atoms with E-state index in [0.717, 1.165) is 13.5 Å². The summed E-state index contributed by atoms with van der Waals surface area (Å²) in [6.45, 7) is 4.62. The van der Waals surface area contributed by atoms with Crippen molar-refractivity contribution in [2.24, 2.45) is 0 Å². The highest BCUT2D eigenvalue weighted by atomic mass is 32.2. The van der Waals surface area contributed by atoms with E-state index >= 15 is 0 Å². The van der Waals surface area contributed by atoms with Crippen molar-refractivity contribution in [1.29, 1.82) is 0 Å². The summed E-state index contributed by atoms with van der Waals surface area (Å²) >= 11 is 0. The molecule has 1 amide bonds. The summed E-state index contributed by atoms with van der Waals surface area (Å²) in [5.41, 5.74) is -0.809. The topological polar surface area (TPSA) is 70.2 Å². The second-order valence-corrected chi connectivity index (χ2v) is 9.36. The average molecular weight is 369 g/mol. The second kappa shape index (κ2) is 6.38. The van der Waals surface area contributed by atoms with Gasteiger partial charge in [-0.05, 0) is 27.2 Å². The van der Waals surface area contributed by atoms with Crippen LogP contribution in [0.1, 0.15) is 33.6 Å². The Balaban J connectivity index is 2.20. The highest BCUT2D eigenvalue weighted by Crippen LogP contribution is 2.32. The number of carbonyl (C=O) groups is 1. The Morgan fingerprint density at radius 2 is 1.88 bits per heavy atom. The number of amides is 1. The molecular formula is C14H25F2N3O4S. The summed E-state index contributed by atoms with van der Waals surface area (Å²) in [7, 11) is -2.36. The van der Waals surface area contributed by atoms with Crippen molar-refractivity contribution in [2.45, 2.75) is 51.2 Å². The molecule has 0 bridgehead atoms. The number of ether oxygens (including phenoxy) is 1. The molecule has 0 radical (unpaired) electrons. The van der Waals surface area contributed by atoms with Crippen LogP contribution >= 0.6 is 0 Å². The van der Waals surface area contributed by atoms with Crippen LogP contribution in [0.5, 0.6) is 0 Å².